The number of hydrogen-bond donors (Lipinski definition) is 0. The van der Waals surface area contributed by atoms with Crippen LogP contribution in [0.5, 0.6) is 0 Å². The van der Waals surface area contributed by atoms with Crippen LogP contribution in [0, 0.1) is 6.92 Å². The lowest BCUT2D eigenvalue weighted by Gasteiger charge is -2.00. The van der Waals surface area contributed by atoms with Crippen molar-refractivity contribution in [2.45, 2.75) is 40.5 Å². The third-order valence-electron chi connectivity index (χ3n) is 1.32. The van der Waals surface area contributed by atoms with Crippen molar-refractivity contribution in [3.05, 3.63) is 23.8 Å². The molecule has 0 aromatic carbocycles. The van der Waals surface area contributed by atoms with E-state index in [2.05, 4.69) is 23.8 Å². The first-order valence-electron chi connectivity index (χ1n) is 4.48. The van der Waals surface area contributed by atoms with E-state index in [0.29, 0.717) is 5.92 Å². The van der Waals surface area contributed by atoms with Gasteiger partial charge in [-0.3, -0.25) is 0 Å². The van der Waals surface area contributed by atoms with E-state index in [-0.39, 0.29) is 0 Å². The summed E-state index contributed by atoms with van der Waals surface area (Å²) in [5.74, 6) is 1.35. The molecule has 1 aromatic heterocycles. The minimum atomic E-state index is 0.431. The quantitative estimate of drug-likeness (QED) is 0.641. The largest absolute Gasteiger partial charge is 0.241 e. The molecule has 2 nitrogen and oxygen atoms in total. The average Bonchev–Trinajstić information content (AvgIpc) is 2.09. The summed E-state index contributed by atoms with van der Waals surface area (Å²) in [5, 5.41) is 0. The van der Waals surface area contributed by atoms with E-state index in [1.165, 1.54) is 0 Å². The van der Waals surface area contributed by atoms with Crippen molar-refractivity contribution in [2.75, 3.05) is 0 Å². The summed E-state index contributed by atoms with van der Waals surface area (Å²) in [4.78, 5) is 8.33. The van der Waals surface area contributed by atoms with Crippen LogP contribution in [0.2, 0.25) is 0 Å². The third-order valence-corrected chi connectivity index (χ3v) is 1.32. The van der Waals surface area contributed by atoms with Crippen LogP contribution >= 0.6 is 0 Å². The Balaban J connectivity index is 0.000000561. The highest BCUT2D eigenvalue weighted by molar-refractivity contribution is 5.03. The van der Waals surface area contributed by atoms with E-state index in [9.17, 15) is 0 Å². The number of aromatic nitrogens is 2. The van der Waals surface area contributed by atoms with Crippen molar-refractivity contribution < 1.29 is 0 Å². The van der Waals surface area contributed by atoms with Gasteiger partial charge in [-0.1, -0.05) is 27.7 Å². The van der Waals surface area contributed by atoms with E-state index >= 15 is 0 Å². The molecule has 0 spiro atoms. The van der Waals surface area contributed by atoms with Crippen LogP contribution in [-0.2, 0) is 0 Å². The molecule has 0 amide bonds. The summed E-state index contributed by atoms with van der Waals surface area (Å²) in [5.41, 5.74) is 1.12. The van der Waals surface area contributed by atoms with Crippen molar-refractivity contribution in [3.63, 3.8) is 0 Å². The monoisotopic (exact) mass is 166 g/mol. The number of hydrogen-bond acceptors (Lipinski definition) is 2. The molecule has 0 bridgehead atoms. The summed E-state index contributed by atoms with van der Waals surface area (Å²) in [6.07, 6.45) is 3.70. The Hall–Kier alpha value is -0.920. The fraction of sp³-hybridized carbons (Fsp3) is 0.600. The van der Waals surface area contributed by atoms with E-state index in [0.717, 1.165) is 11.4 Å². The molecule has 0 atom stereocenters. The topological polar surface area (TPSA) is 25.8 Å². The highest BCUT2D eigenvalue weighted by atomic mass is 14.9. The van der Waals surface area contributed by atoms with Crippen molar-refractivity contribution >= 4 is 0 Å². The normalized spacial score (nSPS) is 9.17. The van der Waals surface area contributed by atoms with Crippen molar-refractivity contribution in [1.82, 2.24) is 9.97 Å². The summed E-state index contributed by atoms with van der Waals surface area (Å²) in [6, 6.07) is 0. The molecule has 1 aromatic rings. The summed E-state index contributed by atoms with van der Waals surface area (Å²) in [7, 11) is 0. The molecule has 2 heteroatoms. The van der Waals surface area contributed by atoms with Crippen LogP contribution in [0.4, 0.5) is 0 Å². The Bertz CT molecular complexity index is 202. The van der Waals surface area contributed by atoms with Gasteiger partial charge in [-0.05, 0) is 12.5 Å². The number of rotatable bonds is 1. The molecule has 0 saturated heterocycles. The first kappa shape index (κ1) is 11.1. The zero-order chi connectivity index (χ0) is 9.56. The molecular weight excluding hydrogens is 148 g/mol. The van der Waals surface area contributed by atoms with Crippen molar-refractivity contribution in [2.24, 2.45) is 0 Å². The second kappa shape index (κ2) is 5.70. The van der Waals surface area contributed by atoms with Gasteiger partial charge in [0, 0.05) is 18.3 Å². The predicted octanol–water partition coefficient (Wildman–Crippen LogP) is 2.93. The maximum absolute atomic E-state index is 4.17. The smallest absolute Gasteiger partial charge is 0.130 e. The maximum Gasteiger partial charge on any atom is 0.130 e. The minimum absolute atomic E-state index is 0.431. The lowest BCUT2D eigenvalue weighted by Crippen LogP contribution is -1.95. The minimum Gasteiger partial charge on any atom is -0.241 e. The second-order valence-corrected chi connectivity index (χ2v) is 2.77. The maximum atomic E-state index is 4.17. The number of aryl methyl sites for hydroxylation is 1. The molecule has 1 rings (SSSR count). The Labute approximate surface area is 75.1 Å². The van der Waals surface area contributed by atoms with Crippen LogP contribution in [0.15, 0.2) is 12.4 Å². The van der Waals surface area contributed by atoms with Crippen LogP contribution in [0.3, 0.4) is 0 Å². The van der Waals surface area contributed by atoms with Gasteiger partial charge in [-0.25, -0.2) is 9.97 Å². The Morgan fingerprint density at radius 3 is 1.83 bits per heavy atom. The van der Waals surface area contributed by atoms with E-state index in [1.807, 2.05) is 33.2 Å². The van der Waals surface area contributed by atoms with Gasteiger partial charge in [-0.2, -0.15) is 0 Å². The summed E-state index contributed by atoms with van der Waals surface area (Å²) in [6.45, 7) is 10.2. The first-order valence-corrected chi connectivity index (χ1v) is 4.48. The van der Waals surface area contributed by atoms with Crippen LogP contribution in [0.25, 0.3) is 0 Å². The fourth-order valence-corrected chi connectivity index (χ4v) is 0.701. The van der Waals surface area contributed by atoms with Gasteiger partial charge in [0.15, 0.2) is 0 Å². The summed E-state index contributed by atoms with van der Waals surface area (Å²) < 4.78 is 0. The first-order chi connectivity index (χ1) is 5.70. The number of nitrogens with zero attached hydrogens (tertiary/aromatic N) is 2. The highest BCUT2D eigenvalue weighted by Crippen LogP contribution is 2.06. The highest BCUT2D eigenvalue weighted by Gasteiger charge is 1.99. The Morgan fingerprint density at radius 1 is 1.08 bits per heavy atom. The average molecular weight is 166 g/mol. The lowest BCUT2D eigenvalue weighted by molar-refractivity contribution is 0.771. The molecule has 12 heavy (non-hydrogen) atoms. The van der Waals surface area contributed by atoms with E-state index < -0.39 is 0 Å². The molecule has 1 heterocycles. The molecule has 0 saturated carbocycles. The SMILES string of the molecule is CC.Cc1cnc(C(C)C)nc1. The molecule has 0 aliphatic rings. The van der Waals surface area contributed by atoms with Crippen LogP contribution in [0.1, 0.15) is 45.0 Å². The Kier molecular flexibility index (Phi) is 5.26. The van der Waals surface area contributed by atoms with Gasteiger partial charge in [0.1, 0.15) is 5.82 Å². The molecular formula is C10H18N2. The van der Waals surface area contributed by atoms with Gasteiger partial charge in [-0.15, -0.1) is 0 Å². The molecule has 0 aliphatic carbocycles. The predicted molar refractivity (Wildman–Crippen MR) is 52.2 cm³/mol. The van der Waals surface area contributed by atoms with Gasteiger partial charge in [0.2, 0.25) is 0 Å². The zero-order valence-corrected chi connectivity index (χ0v) is 8.63. The van der Waals surface area contributed by atoms with Gasteiger partial charge < -0.3 is 0 Å². The van der Waals surface area contributed by atoms with Crippen molar-refractivity contribution in [1.29, 1.82) is 0 Å². The standard InChI is InChI=1S/C8H12N2.C2H6/c1-6(2)8-9-4-7(3)5-10-8;1-2/h4-6H,1-3H3;1-2H3. The van der Waals surface area contributed by atoms with Gasteiger partial charge in [0.25, 0.3) is 0 Å². The lowest BCUT2D eigenvalue weighted by atomic mass is 10.2. The van der Waals surface area contributed by atoms with Crippen LogP contribution < -0.4 is 0 Å². The van der Waals surface area contributed by atoms with E-state index in [4.69, 9.17) is 0 Å². The van der Waals surface area contributed by atoms with Gasteiger partial charge >= 0.3 is 0 Å². The molecule has 0 unspecified atom stereocenters. The van der Waals surface area contributed by atoms with Crippen LogP contribution in [-0.4, -0.2) is 9.97 Å². The molecule has 68 valence electrons. The molecule has 0 aliphatic heterocycles. The third kappa shape index (κ3) is 3.46. The van der Waals surface area contributed by atoms with E-state index in [1.54, 1.807) is 0 Å². The Morgan fingerprint density at radius 2 is 1.50 bits per heavy atom. The van der Waals surface area contributed by atoms with Crippen molar-refractivity contribution in [3.8, 4) is 0 Å². The summed E-state index contributed by atoms with van der Waals surface area (Å²) >= 11 is 0. The van der Waals surface area contributed by atoms with Gasteiger partial charge in [0.05, 0.1) is 0 Å². The fourth-order valence-electron chi connectivity index (χ4n) is 0.701. The zero-order valence-electron chi connectivity index (χ0n) is 8.63. The molecule has 0 radical (unpaired) electrons. The second-order valence-electron chi connectivity index (χ2n) is 2.77. The molecule has 0 N–H and O–H groups in total. The molecule has 0 fully saturated rings.